The van der Waals surface area contributed by atoms with E-state index in [1.165, 1.54) is 0 Å². The average Bonchev–Trinajstić information content (AvgIpc) is 3.05. The summed E-state index contributed by atoms with van der Waals surface area (Å²) in [4.78, 5) is 28.8. The van der Waals surface area contributed by atoms with E-state index < -0.39 is 12.2 Å². The highest BCUT2D eigenvalue weighted by Crippen LogP contribution is 2.27. The summed E-state index contributed by atoms with van der Waals surface area (Å²) in [5.74, 6) is -0.0285. The molecule has 0 radical (unpaired) electrons. The predicted octanol–water partition coefficient (Wildman–Crippen LogP) is 4.89. The minimum atomic E-state index is -0.542. The maximum Gasteiger partial charge on any atom is 0.411 e. The first kappa shape index (κ1) is 21.7. The molecule has 1 atom stereocenters. The normalized spacial score (nSPS) is 16.1. The number of carbonyl (C=O) groups excluding carboxylic acids is 2. The molecule has 2 amide bonds. The Labute approximate surface area is 178 Å². The fourth-order valence-corrected chi connectivity index (χ4v) is 3.88. The van der Waals surface area contributed by atoms with Crippen molar-refractivity contribution in [3.05, 3.63) is 53.6 Å². The third-order valence-corrected chi connectivity index (χ3v) is 5.43. The molecule has 0 bridgehead atoms. The molecule has 6 nitrogen and oxygen atoms in total. The van der Waals surface area contributed by atoms with E-state index in [0.717, 1.165) is 29.0 Å². The topological polar surface area (TPSA) is 61.9 Å². The maximum absolute atomic E-state index is 12.5. The molecular formula is C24H31N3O3. The molecule has 0 spiro atoms. The van der Waals surface area contributed by atoms with Crippen LogP contribution in [-0.4, -0.2) is 37.2 Å². The molecule has 1 aliphatic heterocycles. The number of hydrogen-bond donors (Lipinski definition) is 1. The van der Waals surface area contributed by atoms with Crippen LogP contribution in [0.1, 0.15) is 38.3 Å². The first-order chi connectivity index (χ1) is 14.3. The van der Waals surface area contributed by atoms with Gasteiger partial charge < -0.3 is 14.5 Å². The fourth-order valence-electron chi connectivity index (χ4n) is 3.88. The number of rotatable bonds is 6. The first-order valence-electron chi connectivity index (χ1n) is 10.5. The lowest BCUT2D eigenvalue weighted by Crippen LogP contribution is -2.30. The lowest BCUT2D eigenvalue weighted by Gasteiger charge is -2.27. The van der Waals surface area contributed by atoms with Crippen molar-refractivity contribution in [3.63, 3.8) is 0 Å². The van der Waals surface area contributed by atoms with Gasteiger partial charge in [0.15, 0.2) is 0 Å². The molecule has 1 saturated heterocycles. The van der Waals surface area contributed by atoms with Crippen molar-refractivity contribution in [2.45, 2.75) is 53.2 Å². The van der Waals surface area contributed by atoms with Gasteiger partial charge in [-0.15, -0.1) is 0 Å². The number of ether oxygens (including phenoxy) is 1. The lowest BCUT2D eigenvalue weighted by molar-refractivity contribution is -0.117. The molecule has 30 heavy (non-hydrogen) atoms. The molecule has 1 fully saturated rings. The third-order valence-electron chi connectivity index (χ3n) is 5.43. The summed E-state index contributed by atoms with van der Waals surface area (Å²) in [6.45, 7) is 11.7. The Morgan fingerprint density at radius 3 is 2.53 bits per heavy atom. The number of hydrogen-bond acceptors (Lipinski definition) is 4. The van der Waals surface area contributed by atoms with Gasteiger partial charge in [-0.3, -0.25) is 10.1 Å². The third kappa shape index (κ3) is 4.93. The minimum absolute atomic E-state index is 0.0285. The quantitative estimate of drug-likeness (QED) is 0.738. The molecule has 0 saturated carbocycles. The summed E-state index contributed by atoms with van der Waals surface area (Å²) in [6.07, 6.45) is -0.813. The number of nitrogens with one attached hydrogen (secondary N) is 1. The molecule has 0 aromatic heterocycles. The molecule has 1 N–H and O–H groups in total. The van der Waals surface area contributed by atoms with Crippen molar-refractivity contribution in [2.24, 2.45) is 0 Å². The van der Waals surface area contributed by atoms with Crippen molar-refractivity contribution in [1.82, 2.24) is 0 Å². The summed E-state index contributed by atoms with van der Waals surface area (Å²) in [5.41, 5.74) is 4.78. The molecule has 1 heterocycles. The van der Waals surface area contributed by atoms with E-state index in [-0.39, 0.29) is 12.3 Å². The number of aryl methyl sites for hydroxylation is 2. The zero-order valence-corrected chi connectivity index (χ0v) is 18.4. The van der Waals surface area contributed by atoms with E-state index in [1.54, 1.807) is 4.90 Å². The van der Waals surface area contributed by atoms with Crippen LogP contribution in [0.3, 0.4) is 0 Å². The Kier molecular flexibility index (Phi) is 6.65. The van der Waals surface area contributed by atoms with E-state index in [2.05, 4.69) is 31.0 Å². The van der Waals surface area contributed by atoms with Crippen molar-refractivity contribution in [2.75, 3.05) is 28.2 Å². The van der Waals surface area contributed by atoms with Crippen LogP contribution >= 0.6 is 0 Å². The van der Waals surface area contributed by atoms with Crippen molar-refractivity contribution >= 4 is 29.1 Å². The van der Waals surface area contributed by atoms with Gasteiger partial charge in [0.2, 0.25) is 5.91 Å². The predicted molar refractivity (Wildman–Crippen MR) is 121 cm³/mol. The molecule has 0 aliphatic carbocycles. The van der Waals surface area contributed by atoms with E-state index in [9.17, 15) is 9.59 Å². The Morgan fingerprint density at radius 2 is 1.90 bits per heavy atom. The van der Waals surface area contributed by atoms with E-state index >= 15 is 0 Å². The first-order valence-corrected chi connectivity index (χ1v) is 10.5. The molecule has 3 rings (SSSR count). The second-order valence-electron chi connectivity index (χ2n) is 8.08. The number of amides is 2. The van der Waals surface area contributed by atoms with Crippen LogP contribution in [0.25, 0.3) is 0 Å². The van der Waals surface area contributed by atoms with Crippen LogP contribution in [0.4, 0.5) is 21.9 Å². The second kappa shape index (κ2) is 9.20. The van der Waals surface area contributed by atoms with Crippen molar-refractivity contribution in [1.29, 1.82) is 0 Å². The summed E-state index contributed by atoms with van der Waals surface area (Å²) in [7, 11) is 0. The summed E-state index contributed by atoms with van der Waals surface area (Å²) < 4.78 is 5.52. The Hall–Kier alpha value is -3.02. The Balaban J connectivity index is 1.59. The number of nitrogens with zero attached hydrogens (tertiary/aromatic N) is 2. The van der Waals surface area contributed by atoms with E-state index in [0.29, 0.717) is 18.3 Å². The fraction of sp³-hybridized carbons (Fsp3) is 0.417. The van der Waals surface area contributed by atoms with Gasteiger partial charge in [-0.1, -0.05) is 12.1 Å². The summed E-state index contributed by atoms with van der Waals surface area (Å²) >= 11 is 0. The SMILES string of the molecule is CCN(c1ccc(NC(=O)OC2CC(=O)N(c3cc(C)ccc3C)C2)cc1)C(C)C. The molecule has 160 valence electrons. The average molecular weight is 410 g/mol. The van der Waals surface area contributed by atoms with Crippen LogP contribution in [0, 0.1) is 13.8 Å². The Morgan fingerprint density at radius 1 is 1.20 bits per heavy atom. The van der Waals surface area contributed by atoms with Gasteiger partial charge in [0.05, 0.1) is 13.0 Å². The van der Waals surface area contributed by atoms with Gasteiger partial charge in [0, 0.05) is 29.6 Å². The number of benzene rings is 2. The van der Waals surface area contributed by atoms with Crippen molar-refractivity contribution in [3.8, 4) is 0 Å². The van der Waals surface area contributed by atoms with Gasteiger partial charge in [0.25, 0.3) is 0 Å². The van der Waals surface area contributed by atoms with Crippen LogP contribution in [0.15, 0.2) is 42.5 Å². The molecule has 2 aromatic carbocycles. The van der Waals surface area contributed by atoms with Gasteiger partial charge in [-0.25, -0.2) is 4.79 Å². The monoisotopic (exact) mass is 409 g/mol. The van der Waals surface area contributed by atoms with E-state index in [4.69, 9.17) is 4.74 Å². The highest BCUT2D eigenvalue weighted by atomic mass is 16.6. The largest absolute Gasteiger partial charge is 0.444 e. The smallest absolute Gasteiger partial charge is 0.411 e. The maximum atomic E-state index is 12.5. The van der Waals surface area contributed by atoms with Crippen LogP contribution < -0.4 is 15.1 Å². The van der Waals surface area contributed by atoms with Crippen molar-refractivity contribution < 1.29 is 14.3 Å². The van der Waals surface area contributed by atoms with Gasteiger partial charge >= 0.3 is 6.09 Å². The number of anilines is 3. The van der Waals surface area contributed by atoms with Gasteiger partial charge in [-0.2, -0.15) is 0 Å². The van der Waals surface area contributed by atoms with Gasteiger partial charge in [0.1, 0.15) is 6.10 Å². The minimum Gasteiger partial charge on any atom is -0.444 e. The lowest BCUT2D eigenvalue weighted by atomic mass is 10.1. The second-order valence-corrected chi connectivity index (χ2v) is 8.08. The standard InChI is InChI=1S/C24H31N3O3/c1-6-26(16(2)3)20-11-9-19(10-12-20)25-24(29)30-21-14-23(28)27(15-21)22-13-17(4)7-8-18(22)5/h7-13,16,21H,6,14-15H2,1-5H3,(H,25,29). The molecule has 2 aromatic rings. The molecule has 6 heteroatoms. The van der Waals surface area contributed by atoms with E-state index in [1.807, 2.05) is 56.3 Å². The highest BCUT2D eigenvalue weighted by Gasteiger charge is 2.34. The molecule has 1 unspecified atom stereocenters. The zero-order chi connectivity index (χ0) is 21.8. The molecule has 1 aliphatic rings. The van der Waals surface area contributed by atoms with Crippen LogP contribution in [0.5, 0.6) is 0 Å². The highest BCUT2D eigenvalue weighted by molar-refractivity contribution is 5.97. The molecular weight excluding hydrogens is 378 g/mol. The zero-order valence-electron chi connectivity index (χ0n) is 18.4. The van der Waals surface area contributed by atoms with Crippen LogP contribution in [0.2, 0.25) is 0 Å². The van der Waals surface area contributed by atoms with Gasteiger partial charge in [-0.05, 0) is 76.1 Å². The summed E-state index contributed by atoms with van der Waals surface area (Å²) in [6, 6.07) is 14.1. The summed E-state index contributed by atoms with van der Waals surface area (Å²) in [5, 5.41) is 2.76. The number of carbonyl (C=O) groups is 2. The van der Waals surface area contributed by atoms with Crippen LogP contribution in [-0.2, 0) is 9.53 Å². The Bertz CT molecular complexity index is 908.